The summed E-state index contributed by atoms with van der Waals surface area (Å²) in [7, 11) is 0. The van der Waals surface area contributed by atoms with Gasteiger partial charge in [0.25, 0.3) is 0 Å². The van der Waals surface area contributed by atoms with Crippen LogP contribution in [0.25, 0.3) is 0 Å². The van der Waals surface area contributed by atoms with E-state index in [-0.39, 0.29) is 18.0 Å². The van der Waals surface area contributed by atoms with E-state index >= 15 is 0 Å². The second kappa shape index (κ2) is 9.23. The average molecular weight is 522 g/mol. The first-order chi connectivity index (χ1) is 18.3. The Kier molecular flexibility index (Phi) is 5.97. The van der Waals surface area contributed by atoms with Crippen LogP contribution in [0.5, 0.6) is 0 Å². The number of piperazine rings is 1. The van der Waals surface area contributed by atoms with Crippen molar-refractivity contribution < 1.29 is 28.7 Å². The van der Waals surface area contributed by atoms with Crippen molar-refractivity contribution >= 4 is 23.8 Å². The van der Waals surface area contributed by atoms with Gasteiger partial charge in [-0.3, -0.25) is 9.78 Å². The highest BCUT2D eigenvalue weighted by atomic mass is 16.8. The molecule has 5 heterocycles. The molecule has 6 rings (SSSR count). The van der Waals surface area contributed by atoms with Crippen LogP contribution in [0.15, 0.2) is 36.8 Å². The summed E-state index contributed by atoms with van der Waals surface area (Å²) in [6.07, 6.45) is 6.24. The van der Waals surface area contributed by atoms with E-state index in [1.807, 2.05) is 29.3 Å². The molecule has 11 heteroatoms. The number of pyridine rings is 2. The quantitative estimate of drug-likeness (QED) is 0.544. The summed E-state index contributed by atoms with van der Waals surface area (Å²) in [5.74, 6) is 0.525. The number of hydroxylamine groups is 2. The van der Waals surface area contributed by atoms with E-state index in [0.29, 0.717) is 51.3 Å². The Labute approximate surface area is 220 Å². The van der Waals surface area contributed by atoms with Crippen LogP contribution in [-0.4, -0.2) is 83.3 Å². The summed E-state index contributed by atoms with van der Waals surface area (Å²) in [5, 5.41) is 1.60. The fraction of sp³-hybridized carbons (Fsp3) is 0.519. The Morgan fingerprint density at radius 1 is 1.03 bits per heavy atom. The molecular formula is C27H31N5O6. The number of likely N-dealkylation sites (tertiary alicyclic amines) is 1. The number of hydrogen-bond acceptors (Lipinski definition) is 10. The van der Waals surface area contributed by atoms with Gasteiger partial charge in [0.2, 0.25) is 5.91 Å². The lowest BCUT2D eigenvalue weighted by molar-refractivity contribution is -0.135. The molecule has 3 fully saturated rings. The fourth-order valence-electron chi connectivity index (χ4n) is 5.74. The molecule has 1 spiro atoms. The van der Waals surface area contributed by atoms with Crippen molar-refractivity contribution in [3.05, 3.63) is 53.5 Å². The molecule has 1 aliphatic carbocycles. The molecule has 38 heavy (non-hydrogen) atoms. The van der Waals surface area contributed by atoms with E-state index in [2.05, 4.69) is 14.9 Å². The molecule has 200 valence electrons. The number of nitrogens with zero attached hydrogens (tertiary/aromatic N) is 5. The van der Waals surface area contributed by atoms with Crippen LogP contribution in [0.4, 0.5) is 10.6 Å². The Bertz CT molecular complexity index is 1250. The van der Waals surface area contributed by atoms with E-state index in [1.165, 1.54) is 0 Å². The number of aromatic nitrogens is 2. The Hall–Kier alpha value is -3.73. The first-order valence-electron chi connectivity index (χ1n) is 13.1. The lowest BCUT2D eigenvalue weighted by Crippen LogP contribution is -2.47. The predicted octanol–water partition coefficient (Wildman–Crippen LogP) is 2.41. The first kappa shape index (κ1) is 24.6. The molecule has 2 aromatic rings. The number of carbonyl (C=O) groups excluding carboxylic acids is 3. The molecule has 0 radical (unpaired) electrons. The zero-order chi connectivity index (χ0) is 26.5. The Balaban J connectivity index is 1.08. The molecular weight excluding hydrogens is 490 g/mol. The minimum Gasteiger partial charge on any atom is -0.449 e. The number of amides is 1. The van der Waals surface area contributed by atoms with Crippen LogP contribution >= 0.6 is 0 Å². The van der Waals surface area contributed by atoms with Crippen LogP contribution in [0.1, 0.15) is 54.6 Å². The lowest BCUT2D eigenvalue weighted by Gasteiger charge is -2.34. The predicted molar refractivity (Wildman–Crippen MR) is 134 cm³/mol. The van der Waals surface area contributed by atoms with Crippen molar-refractivity contribution in [1.82, 2.24) is 19.9 Å². The highest BCUT2D eigenvalue weighted by molar-refractivity contribution is 5.95. The maximum atomic E-state index is 13.7. The van der Waals surface area contributed by atoms with Crippen LogP contribution in [-0.2, 0) is 30.1 Å². The number of rotatable bonds is 5. The number of fused-ring (bicyclic) bond motifs is 2. The van der Waals surface area contributed by atoms with Gasteiger partial charge in [-0.2, -0.15) is 0 Å². The van der Waals surface area contributed by atoms with Crippen molar-refractivity contribution in [2.24, 2.45) is 0 Å². The molecule has 2 aromatic heterocycles. The number of ether oxygens (including phenoxy) is 2. The molecule has 0 N–H and O–H groups in total. The van der Waals surface area contributed by atoms with Crippen molar-refractivity contribution in [2.75, 3.05) is 44.2 Å². The number of esters is 1. The van der Waals surface area contributed by atoms with Gasteiger partial charge in [-0.25, -0.2) is 14.6 Å². The van der Waals surface area contributed by atoms with E-state index in [9.17, 15) is 14.4 Å². The van der Waals surface area contributed by atoms with Gasteiger partial charge in [0.05, 0.1) is 36.7 Å². The van der Waals surface area contributed by atoms with Crippen LogP contribution in [0.2, 0.25) is 0 Å². The summed E-state index contributed by atoms with van der Waals surface area (Å²) in [4.78, 5) is 55.8. The maximum Gasteiger partial charge on any atom is 0.528 e. The van der Waals surface area contributed by atoms with E-state index in [1.54, 1.807) is 31.3 Å². The van der Waals surface area contributed by atoms with Gasteiger partial charge < -0.3 is 24.1 Å². The second-order valence-corrected chi connectivity index (χ2v) is 10.7. The number of carbonyl (C=O) groups is 3. The largest absolute Gasteiger partial charge is 0.528 e. The summed E-state index contributed by atoms with van der Waals surface area (Å²) < 4.78 is 10.8. The molecule has 0 aromatic carbocycles. The van der Waals surface area contributed by atoms with Crippen molar-refractivity contribution in [1.29, 1.82) is 0 Å². The molecule has 1 unspecified atom stereocenters. The highest BCUT2D eigenvalue weighted by Gasteiger charge is 2.58. The second-order valence-electron chi connectivity index (χ2n) is 10.7. The zero-order valence-electron chi connectivity index (χ0n) is 21.6. The topological polar surface area (TPSA) is 114 Å². The SMILES string of the molecule is CC(C)OC(=O)ON1CCN(c2ccc(C3(C(=O)N4CCC5(C4)OC(=O)c4cnccc45)CC3)cn2)CC1. The van der Waals surface area contributed by atoms with Gasteiger partial charge in [-0.05, 0) is 44.4 Å². The van der Waals surface area contributed by atoms with Gasteiger partial charge in [0, 0.05) is 50.2 Å². The third-order valence-electron chi connectivity index (χ3n) is 7.90. The molecule has 2 saturated heterocycles. The zero-order valence-corrected chi connectivity index (χ0v) is 21.6. The van der Waals surface area contributed by atoms with Gasteiger partial charge in [-0.1, -0.05) is 6.07 Å². The molecule has 4 aliphatic rings. The monoisotopic (exact) mass is 521 g/mol. The van der Waals surface area contributed by atoms with E-state index in [4.69, 9.17) is 14.3 Å². The van der Waals surface area contributed by atoms with Gasteiger partial charge in [0.15, 0.2) is 5.60 Å². The molecule has 0 bridgehead atoms. The first-order valence-corrected chi connectivity index (χ1v) is 13.1. The number of anilines is 1. The molecule has 1 amide bonds. The van der Waals surface area contributed by atoms with Crippen molar-refractivity contribution in [3.63, 3.8) is 0 Å². The molecule has 3 aliphatic heterocycles. The minimum atomic E-state index is -0.777. The summed E-state index contributed by atoms with van der Waals surface area (Å²) >= 11 is 0. The summed E-state index contributed by atoms with van der Waals surface area (Å²) in [6, 6.07) is 5.78. The minimum absolute atomic E-state index is 0.0709. The molecule has 11 nitrogen and oxygen atoms in total. The summed E-state index contributed by atoms with van der Waals surface area (Å²) in [6.45, 7) is 6.83. The molecule has 1 saturated carbocycles. The number of hydrogen-bond donors (Lipinski definition) is 0. The smallest absolute Gasteiger partial charge is 0.449 e. The third-order valence-corrected chi connectivity index (χ3v) is 7.90. The summed E-state index contributed by atoms with van der Waals surface area (Å²) in [5.41, 5.74) is 0.889. The lowest BCUT2D eigenvalue weighted by atomic mass is 9.92. The molecule has 1 atom stereocenters. The van der Waals surface area contributed by atoms with Crippen LogP contribution < -0.4 is 4.90 Å². The van der Waals surface area contributed by atoms with Crippen molar-refractivity contribution in [2.45, 2.75) is 50.2 Å². The maximum absolute atomic E-state index is 13.7. The average Bonchev–Trinajstić information content (AvgIpc) is 3.54. The van der Waals surface area contributed by atoms with Gasteiger partial charge in [-0.15, -0.1) is 5.06 Å². The van der Waals surface area contributed by atoms with E-state index < -0.39 is 17.2 Å². The third kappa shape index (κ3) is 4.24. The fourth-order valence-corrected chi connectivity index (χ4v) is 5.74. The highest BCUT2D eigenvalue weighted by Crippen LogP contribution is 2.52. The Morgan fingerprint density at radius 2 is 1.82 bits per heavy atom. The van der Waals surface area contributed by atoms with Crippen LogP contribution in [0.3, 0.4) is 0 Å². The van der Waals surface area contributed by atoms with Crippen molar-refractivity contribution in [3.8, 4) is 0 Å². The Morgan fingerprint density at radius 3 is 2.50 bits per heavy atom. The standard InChI is InChI=1S/C27H31N5O6/c1-18(2)36-25(35)38-32-13-11-30(12-14-32)22-4-3-19(15-29-22)26(6-7-26)24(34)31-10-8-27(17-31)21-5-9-28-16-20(21)23(33)37-27/h3-5,9,15-16,18H,6-8,10-14,17H2,1-2H3. The normalized spacial score (nSPS) is 23.9. The van der Waals surface area contributed by atoms with E-state index in [0.717, 1.165) is 29.8 Å². The van der Waals surface area contributed by atoms with Crippen LogP contribution in [0, 0.1) is 0 Å². The van der Waals surface area contributed by atoms with Gasteiger partial charge >= 0.3 is 12.1 Å². The van der Waals surface area contributed by atoms with Gasteiger partial charge in [0.1, 0.15) is 5.82 Å².